The summed E-state index contributed by atoms with van der Waals surface area (Å²) in [6.07, 6.45) is 1.69. The van der Waals surface area contributed by atoms with Gasteiger partial charge in [-0.1, -0.05) is 0 Å². The van der Waals surface area contributed by atoms with Gasteiger partial charge < -0.3 is 15.2 Å². The molecule has 1 unspecified atom stereocenters. The van der Waals surface area contributed by atoms with E-state index in [1.807, 2.05) is 12.1 Å². The second kappa shape index (κ2) is 8.02. The minimum absolute atomic E-state index is 0.324. The Morgan fingerprint density at radius 2 is 2.11 bits per heavy atom. The van der Waals surface area contributed by atoms with Crippen molar-refractivity contribution in [2.45, 2.75) is 19.5 Å². The van der Waals surface area contributed by atoms with Gasteiger partial charge in [0.2, 0.25) is 0 Å². The summed E-state index contributed by atoms with van der Waals surface area (Å²) < 4.78 is 10.3. The lowest BCUT2D eigenvalue weighted by Crippen LogP contribution is -2.38. The predicted octanol–water partition coefficient (Wildman–Crippen LogP) is 1.15. The lowest BCUT2D eigenvalue weighted by atomic mass is 10.2. The Morgan fingerprint density at radius 1 is 1.33 bits per heavy atom. The number of nitrogens with two attached hydrogens (primary N) is 1. The molecule has 0 aromatic carbocycles. The van der Waals surface area contributed by atoms with Gasteiger partial charge in [0.05, 0.1) is 30.8 Å². The molecule has 0 aliphatic carbocycles. The van der Waals surface area contributed by atoms with Crippen LogP contribution in [0.2, 0.25) is 0 Å². The number of hydrogen-bond acceptors (Lipinski definition) is 5. The van der Waals surface area contributed by atoms with E-state index in [1.54, 1.807) is 20.4 Å². The molecule has 2 N–H and O–H groups in total. The van der Waals surface area contributed by atoms with Crippen LogP contribution in [0.3, 0.4) is 0 Å². The highest BCUT2D eigenvalue weighted by atomic mass is 16.5. The molecule has 0 saturated heterocycles. The van der Waals surface area contributed by atoms with Crippen LogP contribution in [0.25, 0.3) is 0 Å². The minimum atomic E-state index is 0.324. The Bertz CT molecular complexity index is 330. The van der Waals surface area contributed by atoms with Crippen molar-refractivity contribution < 1.29 is 9.47 Å². The predicted molar refractivity (Wildman–Crippen MR) is 72.3 cm³/mol. The highest BCUT2D eigenvalue weighted by molar-refractivity contribution is 5.34. The number of methoxy groups -OCH3 is 2. The number of pyridine rings is 1. The third-order valence-corrected chi connectivity index (χ3v) is 2.83. The first-order valence-corrected chi connectivity index (χ1v) is 6.09. The standard InChI is InChI=1S/C13H23N3O2/c1-11(10-18-3)16(6-7-17-2)9-13-5-4-12(14)8-15-13/h4-5,8,11H,6-7,9-10,14H2,1-3H3. The number of nitrogen functional groups attached to an aromatic ring is 1. The quantitative estimate of drug-likeness (QED) is 0.753. The third-order valence-electron chi connectivity index (χ3n) is 2.83. The Hall–Kier alpha value is -1.17. The van der Waals surface area contributed by atoms with Gasteiger partial charge in [-0.05, 0) is 19.1 Å². The molecule has 1 rings (SSSR count). The highest BCUT2D eigenvalue weighted by Crippen LogP contribution is 2.08. The molecule has 102 valence electrons. The maximum absolute atomic E-state index is 5.63. The number of rotatable bonds is 8. The number of anilines is 1. The van der Waals surface area contributed by atoms with Crippen LogP contribution in [0, 0.1) is 0 Å². The maximum atomic E-state index is 5.63. The van der Waals surface area contributed by atoms with Crippen molar-refractivity contribution in [2.24, 2.45) is 0 Å². The molecule has 5 nitrogen and oxygen atoms in total. The van der Waals surface area contributed by atoms with Gasteiger partial charge in [-0.3, -0.25) is 9.88 Å². The van der Waals surface area contributed by atoms with Crippen molar-refractivity contribution in [3.8, 4) is 0 Å². The van der Waals surface area contributed by atoms with Crippen LogP contribution in [-0.4, -0.2) is 49.9 Å². The Morgan fingerprint density at radius 3 is 2.67 bits per heavy atom. The summed E-state index contributed by atoms with van der Waals surface area (Å²) in [7, 11) is 3.42. The van der Waals surface area contributed by atoms with E-state index >= 15 is 0 Å². The van der Waals surface area contributed by atoms with E-state index in [-0.39, 0.29) is 0 Å². The van der Waals surface area contributed by atoms with Gasteiger partial charge in [-0.2, -0.15) is 0 Å². The monoisotopic (exact) mass is 253 g/mol. The zero-order valence-corrected chi connectivity index (χ0v) is 11.4. The number of ether oxygens (including phenoxy) is 2. The van der Waals surface area contributed by atoms with Crippen LogP contribution in [-0.2, 0) is 16.0 Å². The van der Waals surface area contributed by atoms with Crippen molar-refractivity contribution >= 4 is 5.69 Å². The molecule has 0 aliphatic heterocycles. The molecule has 0 bridgehead atoms. The van der Waals surface area contributed by atoms with Crippen molar-refractivity contribution in [1.29, 1.82) is 0 Å². The van der Waals surface area contributed by atoms with Crippen LogP contribution < -0.4 is 5.73 Å². The molecule has 1 aromatic rings. The molecule has 0 radical (unpaired) electrons. The fourth-order valence-electron chi connectivity index (χ4n) is 1.75. The lowest BCUT2D eigenvalue weighted by Gasteiger charge is -2.28. The highest BCUT2D eigenvalue weighted by Gasteiger charge is 2.14. The molecular weight excluding hydrogens is 230 g/mol. The lowest BCUT2D eigenvalue weighted by molar-refractivity contribution is 0.0698. The largest absolute Gasteiger partial charge is 0.397 e. The minimum Gasteiger partial charge on any atom is -0.397 e. The Balaban J connectivity index is 2.61. The molecule has 0 fully saturated rings. The summed E-state index contributed by atoms with van der Waals surface area (Å²) in [4.78, 5) is 6.60. The molecule has 1 heterocycles. The Kier molecular flexibility index (Phi) is 6.64. The molecule has 0 amide bonds. The van der Waals surface area contributed by atoms with Gasteiger partial charge in [0, 0.05) is 33.4 Å². The van der Waals surface area contributed by atoms with Gasteiger partial charge in [0.15, 0.2) is 0 Å². The van der Waals surface area contributed by atoms with Gasteiger partial charge in [-0.15, -0.1) is 0 Å². The summed E-state index contributed by atoms with van der Waals surface area (Å²) in [5.41, 5.74) is 7.32. The average molecular weight is 253 g/mol. The van der Waals surface area contributed by atoms with Crippen molar-refractivity contribution in [2.75, 3.05) is 39.7 Å². The summed E-state index contributed by atoms with van der Waals surface area (Å²) in [5, 5.41) is 0. The van der Waals surface area contributed by atoms with E-state index in [1.165, 1.54) is 0 Å². The fraction of sp³-hybridized carbons (Fsp3) is 0.615. The van der Waals surface area contributed by atoms with Crippen LogP contribution in [0.1, 0.15) is 12.6 Å². The second-order valence-corrected chi connectivity index (χ2v) is 4.35. The van der Waals surface area contributed by atoms with Gasteiger partial charge in [0.1, 0.15) is 0 Å². The molecule has 0 spiro atoms. The van der Waals surface area contributed by atoms with Crippen molar-refractivity contribution in [3.63, 3.8) is 0 Å². The zero-order chi connectivity index (χ0) is 13.4. The molecule has 1 aromatic heterocycles. The molecule has 18 heavy (non-hydrogen) atoms. The van der Waals surface area contributed by atoms with Gasteiger partial charge in [0.25, 0.3) is 0 Å². The van der Waals surface area contributed by atoms with Gasteiger partial charge >= 0.3 is 0 Å². The molecule has 0 aliphatic rings. The van der Waals surface area contributed by atoms with E-state index in [4.69, 9.17) is 15.2 Å². The van der Waals surface area contributed by atoms with Crippen LogP contribution in [0.15, 0.2) is 18.3 Å². The molecule has 5 heteroatoms. The van der Waals surface area contributed by atoms with Crippen molar-refractivity contribution in [1.82, 2.24) is 9.88 Å². The number of nitrogens with zero attached hydrogens (tertiary/aromatic N) is 2. The zero-order valence-electron chi connectivity index (χ0n) is 11.4. The first-order valence-electron chi connectivity index (χ1n) is 6.09. The number of aromatic nitrogens is 1. The van der Waals surface area contributed by atoms with E-state index < -0.39 is 0 Å². The first kappa shape index (κ1) is 14.9. The third kappa shape index (κ3) is 5.00. The first-order chi connectivity index (χ1) is 8.67. The van der Waals surface area contributed by atoms with Crippen LogP contribution >= 0.6 is 0 Å². The maximum Gasteiger partial charge on any atom is 0.0615 e. The van der Waals surface area contributed by atoms with Crippen molar-refractivity contribution in [3.05, 3.63) is 24.0 Å². The molecular formula is C13H23N3O2. The number of hydrogen-bond donors (Lipinski definition) is 1. The van der Waals surface area contributed by atoms with E-state index in [0.717, 1.165) is 18.8 Å². The molecule has 0 saturated carbocycles. The summed E-state index contributed by atoms with van der Waals surface area (Å²) in [6, 6.07) is 4.15. The fourth-order valence-corrected chi connectivity index (χ4v) is 1.75. The summed E-state index contributed by atoms with van der Waals surface area (Å²) in [6.45, 7) is 5.15. The second-order valence-electron chi connectivity index (χ2n) is 4.35. The van der Waals surface area contributed by atoms with Crippen LogP contribution in [0.5, 0.6) is 0 Å². The van der Waals surface area contributed by atoms with E-state index in [2.05, 4.69) is 16.8 Å². The van der Waals surface area contributed by atoms with Crippen LogP contribution in [0.4, 0.5) is 5.69 Å². The Labute approximate surface area is 109 Å². The van der Waals surface area contributed by atoms with E-state index in [9.17, 15) is 0 Å². The SMILES string of the molecule is COCCN(Cc1ccc(N)cn1)C(C)COC. The normalized spacial score (nSPS) is 12.9. The van der Waals surface area contributed by atoms with E-state index in [0.29, 0.717) is 24.9 Å². The topological polar surface area (TPSA) is 60.6 Å². The average Bonchev–Trinajstić information content (AvgIpc) is 2.37. The summed E-state index contributed by atoms with van der Waals surface area (Å²) >= 11 is 0. The van der Waals surface area contributed by atoms with Gasteiger partial charge in [-0.25, -0.2) is 0 Å². The molecule has 1 atom stereocenters. The summed E-state index contributed by atoms with van der Waals surface area (Å²) in [5.74, 6) is 0. The smallest absolute Gasteiger partial charge is 0.0615 e.